The summed E-state index contributed by atoms with van der Waals surface area (Å²) in [5, 5.41) is 10.5. The van der Waals surface area contributed by atoms with Crippen LogP contribution in [0.15, 0.2) is 29.2 Å². The number of aliphatic hydroxyl groups is 1. The maximum Gasteiger partial charge on any atom is 0.287 e. The number of nitrogens with one attached hydrogen (secondary N) is 1. The third kappa shape index (κ3) is 6.54. The van der Waals surface area contributed by atoms with E-state index in [1.165, 1.54) is 11.8 Å². The minimum Gasteiger partial charge on any atom is -0.390 e. The molecular weight excluding hydrogens is 272 g/mol. The molecule has 0 bridgehead atoms. The maximum atomic E-state index is 12.7. The Morgan fingerprint density at radius 2 is 2.00 bits per heavy atom. The number of alkyl halides is 2. The molecule has 0 saturated heterocycles. The molecule has 0 atom stereocenters. The molecule has 2 N–H and O–H groups in total. The van der Waals surface area contributed by atoms with E-state index in [0.29, 0.717) is 5.75 Å². The molecule has 0 heterocycles. The third-order valence-electron chi connectivity index (χ3n) is 2.39. The number of benzene rings is 1. The molecule has 0 radical (unpaired) electrons. The van der Waals surface area contributed by atoms with E-state index < -0.39 is 25.0 Å². The Morgan fingerprint density at radius 3 is 2.58 bits per heavy atom. The van der Waals surface area contributed by atoms with E-state index in [0.717, 1.165) is 10.5 Å². The van der Waals surface area contributed by atoms with Crippen LogP contribution >= 0.6 is 11.8 Å². The highest BCUT2D eigenvalue weighted by Gasteiger charge is 2.27. The second kappa shape index (κ2) is 7.45. The maximum absolute atomic E-state index is 12.7. The zero-order valence-electron chi connectivity index (χ0n) is 10.7. The quantitative estimate of drug-likeness (QED) is 0.757. The highest BCUT2D eigenvalue weighted by atomic mass is 32.2. The van der Waals surface area contributed by atoms with E-state index in [4.69, 9.17) is 5.11 Å². The van der Waals surface area contributed by atoms with Gasteiger partial charge in [0.15, 0.2) is 0 Å². The number of aliphatic hydroxyl groups excluding tert-OH is 1. The molecule has 0 fully saturated rings. The summed E-state index contributed by atoms with van der Waals surface area (Å²) in [4.78, 5) is 12.4. The first-order chi connectivity index (χ1) is 8.93. The number of hydrogen-bond acceptors (Lipinski definition) is 3. The standard InChI is InChI=1S/C13H17F2NO2S/c1-10-2-4-11(5-3-10)19-7-6-12(18)16-8-13(14,15)9-17/h2-5,17H,6-9H2,1H3,(H,16,18). The second-order valence-corrected chi connectivity index (χ2v) is 5.37. The van der Waals surface area contributed by atoms with E-state index in [-0.39, 0.29) is 6.42 Å². The number of carbonyl (C=O) groups excluding carboxylic acids is 1. The first kappa shape index (κ1) is 15.9. The summed E-state index contributed by atoms with van der Waals surface area (Å²) < 4.78 is 25.3. The number of amides is 1. The molecule has 0 aliphatic rings. The van der Waals surface area contributed by atoms with Crippen LogP contribution in [0.1, 0.15) is 12.0 Å². The van der Waals surface area contributed by atoms with Crippen molar-refractivity contribution in [1.29, 1.82) is 0 Å². The Morgan fingerprint density at radius 1 is 1.37 bits per heavy atom. The fourth-order valence-electron chi connectivity index (χ4n) is 1.27. The van der Waals surface area contributed by atoms with E-state index >= 15 is 0 Å². The fraction of sp³-hybridized carbons (Fsp3) is 0.462. The van der Waals surface area contributed by atoms with Gasteiger partial charge in [0.1, 0.15) is 6.61 Å². The molecule has 1 rings (SSSR count). The number of carbonyl (C=O) groups is 1. The van der Waals surface area contributed by atoms with Crippen molar-refractivity contribution in [3.8, 4) is 0 Å². The van der Waals surface area contributed by atoms with Crippen molar-refractivity contribution in [2.24, 2.45) is 0 Å². The van der Waals surface area contributed by atoms with E-state index in [1.54, 1.807) is 0 Å². The zero-order chi connectivity index (χ0) is 14.3. The average Bonchev–Trinajstić information content (AvgIpc) is 2.39. The van der Waals surface area contributed by atoms with Gasteiger partial charge in [-0.3, -0.25) is 4.79 Å². The predicted octanol–water partition coefficient (Wildman–Crippen LogP) is 2.22. The van der Waals surface area contributed by atoms with Crippen LogP contribution in [0.5, 0.6) is 0 Å². The van der Waals surface area contributed by atoms with Crippen molar-refractivity contribution in [3.63, 3.8) is 0 Å². The Bertz CT molecular complexity index is 410. The Kier molecular flexibility index (Phi) is 6.24. The van der Waals surface area contributed by atoms with Gasteiger partial charge in [0.05, 0.1) is 6.54 Å². The van der Waals surface area contributed by atoms with Gasteiger partial charge in [0.25, 0.3) is 5.92 Å². The summed E-state index contributed by atoms with van der Waals surface area (Å²) >= 11 is 1.50. The molecule has 1 aromatic carbocycles. The van der Waals surface area contributed by atoms with Gasteiger partial charge < -0.3 is 10.4 Å². The first-order valence-corrected chi connectivity index (χ1v) is 6.86. The molecule has 19 heavy (non-hydrogen) atoms. The normalized spacial score (nSPS) is 11.4. The van der Waals surface area contributed by atoms with Gasteiger partial charge in [-0.15, -0.1) is 11.8 Å². The minimum absolute atomic E-state index is 0.167. The van der Waals surface area contributed by atoms with Gasteiger partial charge >= 0.3 is 0 Å². The summed E-state index contributed by atoms with van der Waals surface area (Å²) in [6, 6.07) is 7.87. The van der Waals surface area contributed by atoms with E-state index in [9.17, 15) is 13.6 Å². The van der Waals surface area contributed by atoms with Crippen LogP contribution in [0.4, 0.5) is 8.78 Å². The first-order valence-electron chi connectivity index (χ1n) is 5.88. The lowest BCUT2D eigenvalue weighted by molar-refractivity contribution is -0.123. The largest absolute Gasteiger partial charge is 0.390 e. The molecular formula is C13H17F2NO2S. The number of thioether (sulfide) groups is 1. The molecule has 0 aliphatic heterocycles. The molecule has 3 nitrogen and oxygen atoms in total. The summed E-state index contributed by atoms with van der Waals surface area (Å²) in [6.45, 7) is -0.0911. The average molecular weight is 289 g/mol. The number of halogens is 2. The second-order valence-electron chi connectivity index (χ2n) is 4.20. The van der Waals surface area contributed by atoms with Crippen LogP contribution in [-0.2, 0) is 4.79 Å². The van der Waals surface area contributed by atoms with Crippen molar-refractivity contribution in [1.82, 2.24) is 5.32 Å². The van der Waals surface area contributed by atoms with Gasteiger partial charge in [0, 0.05) is 17.1 Å². The SMILES string of the molecule is Cc1ccc(SCCC(=O)NCC(F)(F)CO)cc1. The molecule has 0 aromatic heterocycles. The Labute approximate surface area is 115 Å². The van der Waals surface area contributed by atoms with Crippen LogP contribution in [0.25, 0.3) is 0 Å². The van der Waals surface area contributed by atoms with Gasteiger partial charge in [-0.25, -0.2) is 8.78 Å². The van der Waals surface area contributed by atoms with E-state index in [2.05, 4.69) is 5.32 Å². The van der Waals surface area contributed by atoms with Crippen molar-refractivity contribution in [2.75, 3.05) is 18.9 Å². The van der Waals surface area contributed by atoms with Crippen LogP contribution in [0, 0.1) is 6.92 Å². The summed E-state index contributed by atoms with van der Waals surface area (Å²) in [7, 11) is 0. The number of rotatable bonds is 7. The Balaban J connectivity index is 2.22. The van der Waals surface area contributed by atoms with Gasteiger partial charge in [-0.1, -0.05) is 17.7 Å². The molecule has 0 saturated carbocycles. The monoisotopic (exact) mass is 289 g/mol. The highest BCUT2D eigenvalue weighted by molar-refractivity contribution is 7.99. The van der Waals surface area contributed by atoms with Crippen molar-refractivity contribution in [2.45, 2.75) is 24.2 Å². The summed E-state index contributed by atoms with van der Waals surface area (Å²) in [5.74, 6) is -3.16. The van der Waals surface area contributed by atoms with Crippen molar-refractivity contribution >= 4 is 17.7 Å². The predicted molar refractivity (Wildman–Crippen MR) is 71.6 cm³/mol. The topological polar surface area (TPSA) is 49.3 Å². The van der Waals surface area contributed by atoms with E-state index in [1.807, 2.05) is 31.2 Å². The van der Waals surface area contributed by atoms with Crippen LogP contribution in [0.3, 0.4) is 0 Å². The third-order valence-corrected chi connectivity index (χ3v) is 3.41. The minimum atomic E-state index is -3.25. The molecule has 6 heteroatoms. The number of aryl methyl sites for hydroxylation is 1. The molecule has 106 valence electrons. The molecule has 1 amide bonds. The van der Waals surface area contributed by atoms with Gasteiger partial charge in [0.2, 0.25) is 5.91 Å². The Hall–Kier alpha value is -1.14. The molecule has 1 aromatic rings. The van der Waals surface area contributed by atoms with Crippen molar-refractivity contribution in [3.05, 3.63) is 29.8 Å². The van der Waals surface area contributed by atoms with Gasteiger partial charge in [-0.05, 0) is 19.1 Å². The fourth-order valence-corrected chi connectivity index (χ4v) is 2.12. The van der Waals surface area contributed by atoms with Gasteiger partial charge in [-0.2, -0.15) is 0 Å². The molecule has 0 spiro atoms. The van der Waals surface area contributed by atoms with Crippen molar-refractivity contribution < 1.29 is 18.7 Å². The number of hydrogen-bond donors (Lipinski definition) is 2. The summed E-state index contributed by atoms with van der Waals surface area (Å²) in [5.41, 5.74) is 1.16. The molecule has 0 unspecified atom stereocenters. The lowest BCUT2D eigenvalue weighted by atomic mass is 10.2. The van der Waals surface area contributed by atoms with Crippen LogP contribution in [-0.4, -0.2) is 35.8 Å². The lowest BCUT2D eigenvalue weighted by Gasteiger charge is -2.13. The zero-order valence-corrected chi connectivity index (χ0v) is 11.5. The lowest BCUT2D eigenvalue weighted by Crippen LogP contribution is -2.39. The van der Waals surface area contributed by atoms with Crippen LogP contribution < -0.4 is 5.32 Å². The highest BCUT2D eigenvalue weighted by Crippen LogP contribution is 2.19. The molecule has 0 aliphatic carbocycles. The van der Waals surface area contributed by atoms with Crippen LogP contribution in [0.2, 0.25) is 0 Å². The summed E-state index contributed by atoms with van der Waals surface area (Å²) in [6.07, 6.45) is 0.167. The smallest absolute Gasteiger partial charge is 0.287 e.